The van der Waals surface area contributed by atoms with Gasteiger partial charge in [-0.2, -0.15) is 0 Å². The standard InChI is InChI=1S/C20H21BrN2O3/c21-16-3-1-4-17(11-16)22-20(24)13-23-6-5-14-9-18-19(10-15(14)12-23)26-8-2-7-25-18/h1,3-4,9-11H,2,5-8,12-13H2,(H,22,24)/p+1. The van der Waals surface area contributed by atoms with Crippen molar-refractivity contribution in [1.29, 1.82) is 0 Å². The largest absolute Gasteiger partial charge is 0.490 e. The Balaban J connectivity index is 1.41. The number of amides is 1. The molecule has 1 atom stereocenters. The first kappa shape index (κ1) is 17.4. The normalized spacial score (nSPS) is 18.6. The van der Waals surface area contributed by atoms with Gasteiger partial charge in [-0.15, -0.1) is 0 Å². The van der Waals surface area contributed by atoms with Gasteiger partial charge in [0, 0.05) is 28.6 Å². The van der Waals surface area contributed by atoms with Crippen LogP contribution in [-0.2, 0) is 17.8 Å². The minimum atomic E-state index is 0.0379. The fraction of sp³-hybridized carbons (Fsp3) is 0.350. The molecular weight excluding hydrogens is 396 g/mol. The van der Waals surface area contributed by atoms with Crippen LogP contribution in [0.1, 0.15) is 17.5 Å². The monoisotopic (exact) mass is 417 g/mol. The third-order valence-electron chi connectivity index (χ3n) is 4.78. The topological polar surface area (TPSA) is 52.0 Å². The minimum absolute atomic E-state index is 0.0379. The Kier molecular flexibility index (Phi) is 5.13. The molecule has 2 aliphatic rings. The molecule has 0 fully saturated rings. The summed E-state index contributed by atoms with van der Waals surface area (Å²) in [4.78, 5) is 13.7. The van der Waals surface area contributed by atoms with E-state index < -0.39 is 0 Å². The number of hydrogen-bond acceptors (Lipinski definition) is 3. The first-order valence-corrected chi connectivity index (χ1v) is 9.77. The summed E-state index contributed by atoms with van der Waals surface area (Å²) in [5, 5.41) is 2.98. The van der Waals surface area contributed by atoms with Gasteiger partial charge in [0.2, 0.25) is 0 Å². The van der Waals surface area contributed by atoms with Gasteiger partial charge < -0.3 is 19.7 Å². The van der Waals surface area contributed by atoms with E-state index in [-0.39, 0.29) is 5.91 Å². The smallest absolute Gasteiger partial charge is 0.279 e. The summed E-state index contributed by atoms with van der Waals surface area (Å²) in [6.07, 6.45) is 1.86. The predicted molar refractivity (Wildman–Crippen MR) is 103 cm³/mol. The summed E-state index contributed by atoms with van der Waals surface area (Å²) >= 11 is 3.43. The lowest BCUT2D eigenvalue weighted by atomic mass is 9.99. The van der Waals surface area contributed by atoms with Crippen LogP contribution in [0.4, 0.5) is 5.69 Å². The van der Waals surface area contributed by atoms with Gasteiger partial charge in [-0.1, -0.05) is 22.0 Å². The van der Waals surface area contributed by atoms with Gasteiger partial charge in [0.25, 0.3) is 5.91 Å². The molecule has 0 bridgehead atoms. The number of anilines is 1. The van der Waals surface area contributed by atoms with Crippen molar-refractivity contribution in [1.82, 2.24) is 0 Å². The summed E-state index contributed by atoms with van der Waals surface area (Å²) in [6.45, 7) is 3.63. The zero-order valence-corrected chi connectivity index (χ0v) is 16.1. The van der Waals surface area contributed by atoms with Crippen LogP contribution in [0.5, 0.6) is 11.5 Å². The van der Waals surface area contributed by atoms with Gasteiger partial charge in [-0.05, 0) is 35.9 Å². The van der Waals surface area contributed by atoms with Crippen LogP contribution in [-0.4, -0.2) is 32.2 Å². The maximum Gasteiger partial charge on any atom is 0.279 e. The molecule has 1 unspecified atom stereocenters. The van der Waals surface area contributed by atoms with E-state index in [4.69, 9.17) is 9.47 Å². The van der Waals surface area contributed by atoms with E-state index in [1.807, 2.05) is 24.3 Å². The van der Waals surface area contributed by atoms with Gasteiger partial charge in [0.1, 0.15) is 6.54 Å². The number of ether oxygens (including phenoxy) is 2. The number of halogens is 1. The highest BCUT2D eigenvalue weighted by molar-refractivity contribution is 9.10. The molecule has 0 saturated heterocycles. The van der Waals surface area contributed by atoms with Gasteiger partial charge in [0.15, 0.2) is 18.0 Å². The number of benzene rings is 2. The number of rotatable bonds is 3. The molecule has 2 aromatic rings. The molecule has 136 valence electrons. The fourth-order valence-electron chi connectivity index (χ4n) is 3.51. The van der Waals surface area contributed by atoms with Gasteiger partial charge in [-0.3, -0.25) is 4.79 Å². The van der Waals surface area contributed by atoms with Crippen molar-refractivity contribution in [2.45, 2.75) is 19.4 Å². The lowest BCUT2D eigenvalue weighted by molar-refractivity contribution is -0.907. The fourth-order valence-corrected chi connectivity index (χ4v) is 3.91. The van der Waals surface area contributed by atoms with Crippen LogP contribution in [0.25, 0.3) is 0 Å². The molecule has 4 rings (SSSR count). The quantitative estimate of drug-likeness (QED) is 0.804. The van der Waals surface area contributed by atoms with Crippen LogP contribution in [0.15, 0.2) is 40.9 Å². The van der Waals surface area contributed by atoms with Crippen molar-refractivity contribution in [3.05, 3.63) is 52.0 Å². The van der Waals surface area contributed by atoms with Crippen LogP contribution in [0.3, 0.4) is 0 Å². The first-order chi connectivity index (χ1) is 12.7. The summed E-state index contributed by atoms with van der Waals surface area (Å²) in [6, 6.07) is 11.9. The maximum atomic E-state index is 12.4. The predicted octanol–water partition coefficient (Wildman–Crippen LogP) is 2.19. The van der Waals surface area contributed by atoms with Crippen molar-refractivity contribution in [3.63, 3.8) is 0 Å². The van der Waals surface area contributed by atoms with E-state index in [1.165, 1.54) is 16.0 Å². The summed E-state index contributed by atoms with van der Waals surface area (Å²) in [5.41, 5.74) is 3.38. The Morgan fingerprint density at radius 2 is 1.88 bits per heavy atom. The molecule has 0 radical (unpaired) electrons. The molecule has 2 aromatic carbocycles. The minimum Gasteiger partial charge on any atom is -0.490 e. The molecule has 1 amide bonds. The van der Waals surface area contributed by atoms with Gasteiger partial charge in [0.05, 0.1) is 19.8 Å². The Morgan fingerprint density at radius 3 is 2.65 bits per heavy atom. The molecule has 0 aromatic heterocycles. The van der Waals surface area contributed by atoms with Crippen LogP contribution < -0.4 is 19.7 Å². The number of nitrogens with one attached hydrogen (secondary N) is 2. The van der Waals surface area contributed by atoms with Crippen LogP contribution in [0, 0.1) is 0 Å². The summed E-state index contributed by atoms with van der Waals surface area (Å²) in [7, 11) is 0. The van der Waals surface area contributed by atoms with Crippen molar-refractivity contribution in [2.75, 3.05) is 31.6 Å². The van der Waals surface area contributed by atoms with E-state index in [0.29, 0.717) is 19.8 Å². The number of quaternary nitrogens is 1. The van der Waals surface area contributed by atoms with E-state index in [0.717, 1.165) is 47.6 Å². The molecule has 2 N–H and O–H groups in total. The molecular formula is C20H22BrN2O3+. The van der Waals surface area contributed by atoms with Gasteiger partial charge in [-0.25, -0.2) is 0 Å². The highest BCUT2D eigenvalue weighted by Crippen LogP contribution is 2.33. The number of fused-ring (bicyclic) bond motifs is 2. The number of carbonyl (C=O) groups is 1. The highest BCUT2D eigenvalue weighted by atomic mass is 79.9. The van der Waals surface area contributed by atoms with Crippen molar-refractivity contribution in [3.8, 4) is 11.5 Å². The lowest BCUT2D eigenvalue weighted by Crippen LogP contribution is -3.12. The van der Waals surface area contributed by atoms with Crippen LogP contribution in [0.2, 0.25) is 0 Å². The van der Waals surface area contributed by atoms with E-state index in [9.17, 15) is 4.79 Å². The van der Waals surface area contributed by atoms with Crippen molar-refractivity contribution >= 4 is 27.5 Å². The van der Waals surface area contributed by atoms with E-state index in [2.05, 4.69) is 33.4 Å². The van der Waals surface area contributed by atoms with Crippen molar-refractivity contribution in [2.24, 2.45) is 0 Å². The third-order valence-corrected chi connectivity index (χ3v) is 5.27. The second-order valence-corrected chi connectivity index (χ2v) is 7.70. The molecule has 6 heteroatoms. The average molecular weight is 418 g/mol. The first-order valence-electron chi connectivity index (χ1n) is 8.98. The molecule has 2 aliphatic heterocycles. The highest BCUT2D eigenvalue weighted by Gasteiger charge is 2.24. The maximum absolute atomic E-state index is 12.4. The Labute approximate surface area is 161 Å². The number of carbonyl (C=O) groups excluding carboxylic acids is 1. The van der Waals surface area contributed by atoms with Crippen molar-refractivity contribution < 1.29 is 19.2 Å². The zero-order valence-electron chi connectivity index (χ0n) is 14.5. The Hall–Kier alpha value is -2.05. The SMILES string of the molecule is O=C(C[NH+]1CCc2cc3c(cc2C1)OCCCO3)Nc1cccc(Br)c1. The van der Waals surface area contributed by atoms with Crippen LogP contribution >= 0.6 is 15.9 Å². The molecule has 0 saturated carbocycles. The second kappa shape index (κ2) is 7.68. The molecule has 26 heavy (non-hydrogen) atoms. The van der Waals surface area contributed by atoms with E-state index in [1.54, 1.807) is 0 Å². The summed E-state index contributed by atoms with van der Waals surface area (Å²) in [5.74, 6) is 1.73. The average Bonchev–Trinajstić information content (AvgIpc) is 2.84. The lowest BCUT2D eigenvalue weighted by Gasteiger charge is -2.26. The van der Waals surface area contributed by atoms with Gasteiger partial charge >= 0.3 is 0 Å². The second-order valence-electron chi connectivity index (χ2n) is 6.78. The molecule has 2 heterocycles. The summed E-state index contributed by atoms with van der Waals surface area (Å²) < 4.78 is 12.5. The zero-order chi connectivity index (χ0) is 17.9. The molecule has 0 spiro atoms. The Bertz CT molecular complexity index is 825. The molecule has 0 aliphatic carbocycles. The number of hydrogen-bond donors (Lipinski definition) is 2. The third kappa shape index (κ3) is 4.02. The van der Waals surface area contributed by atoms with E-state index >= 15 is 0 Å². The molecule has 5 nitrogen and oxygen atoms in total. The Morgan fingerprint density at radius 1 is 1.12 bits per heavy atom.